The summed E-state index contributed by atoms with van der Waals surface area (Å²) < 4.78 is 37.8. The van der Waals surface area contributed by atoms with E-state index in [1.54, 1.807) is 23.6 Å². The fourth-order valence-corrected chi connectivity index (χ4v) is 6.35. The highest BCUT2D eigenvalue weighted by molar-refractivity contribution is 7.91. The summed E-state index contributed by atoms with van der Waals surface area (Å²) in [6, 6.07) is 8.37. The second kappa shape index (κ2) is 8.57. The van der Waals surface area contributed by atoms with E-state index < -0.39 is 15.6 Å². The van der Waals surface area contributed by atoms with Gasteiger partial charge >= 0.3 is 11.6 Å². The molecule has 7 nitrogen and oxygen atoms in total. The lowest BCUT2D eigenvalue weighted by Gasteiger charge is -2.29. The molecule has 0 unspecified atom stereocenters. The van der Waals surface area contributed by atoms with Crippen LogP contribution in [0.1, 0.15) is 29.5 Å². The molecule has 1 aromatic carbocycles. The smallest absolute Gasteiger partial charge is 0.336 e. The predicted octanol–water partition coefficient (Wildman–Crippen LogP) is 3.62. The standard InChI is InChI=1S/C22H23NO6S2/c1-14-10-18-17(12-20(24)29-19(18)11-15(14)2)13-28-22(25)16-5-7-23(8-6-16)31(26,27)21-4-3-9-30-21/h3-4,9-12,16H,5-8,13H2,1-2H3. The summed E-state index contributed by atoms with van der Waals surface area (Å²) in [7, 11) is -3.51. The molecule has 1 saturated heterocycles. The lowest BCUT2D eigenvalue weighted by Crippen LogP contribution is -2.40. The van der Waals surface area contributed by atoms with Gasteiger partial charge in [0, 0.05) is 30.1 Å². The Labute approximate surface area is 184 Å². The van der Waals surface area contributed by atoms with Gasteiger partial charge in [-0.3, -0.25) is 4.79 Å². The van der Waals surface area contributed by atoms with E-state index in [1.807, 2.05) is 19.9 Å². The van der Waals surface area contributed by atoms with Gasteiger partial charge in [0.25, 0.3) is 10.0 Å². The molecule has 164 valence electrons. The van der Waals surface area contributed by atoms with E-state index in [2.05, 4.69) is 0 Å². The third-order valence-electron chi connectivity index (χ3n) is 5.69. The molecule has 31 heavy (non-hydrogen) atoms. The number of esters is 1. The molecule has 0 aliphatic carbocycles. The van der Waals surface area contributed by atoms with Crippen molar-refractivity contribution in [2.45, 2.75) is 37.5 Å². The van der Waals surface area contributed by atoms with E-state index in [9.17, 15) is 18.0 Å². The van der Waals surface area contributed by atoms with E-state index in [0.717, 1.165) is 16.5 Å². The lowest BCUT2D eigenvalue weighted by atomic mass is 9.98. The molecular formula is C22H23NO6S2. The van der Waals surface area contributed by atoms with Gasteiger partial charge in [0.1, 0.15) is 16.4 Å². The fourth-order valence-electron chi connectivity index (χ4n) is 3.74. The highest BCUT2D eigenvalue weighted by atomic mass is 32.2. The summed E-state index contributed by atoms with van der Waals surface area (Å²) in [6.07, 6.45) is 0.804. The van der Waals surface area contributed by atoms with Gasteiger partial charge in [0.2, 0.25) is 0 Å². The Kier molecular flexibility index (Phi) is 6.00. The first-order valence-corrected chi connectivity index (χ1v) is 12.3. The van der Waals surface area contributed by atoms with Gasteiger partial charge in [-0.1, -0.05) is 6.07 Å². The van der Waals surface area contributed by atoms with Gasteiger partial charge in [-0.25, -0.2) is 13.2 Å². The highest BCUT2D eigenvalue weighted by Crippen LogP contribution is 2.27. The molecule has 2 aromatic heterocycles. The number of ether oxygens (including phenoxy) is 1. The van der Waals surface area contributed by atoms with Gasteiger partial charge in [0.05, 0.1) is 5.92 Å². The lowest BCUT2D eigenvalue weighted by molar-refractivity contribution is -0.151. The number of thiophene rings is 1. The molecule has 1 aliphatic heterocycles. The van der Waals surface area contributed by atoms with Crippen LogP contribution in [-0.4, -0.2) is 31.8 Å². The van der Waals surface area contributed by atoms with Crippen LogP contribution in [0.5, 0.6) is 0 Å². The van der Waals surface area contributed by atoms with Crippen LogP contribution in [0.2, 0.25) is 0 Å². The van der Waals surface area contributed by atoms with Gasteiger partial charge in [-0.15, -0.1) is 11.3 Å². The van der Waals surface area contributed by atoms with Crippen molar-refractivity contribution in [2.24, 2.45) is 5.92 Å². The minimum atomic E-state index is -3.51. The van der Waals surface area contributed by atoms with Crippen LogP contribution in [0.3, 0.4) is 0 Å². The number of fused-ring (bicyclic) bond motifs is 1. The van der Waals surface area contributed by atoms with Crippen LogP contribution < -0.4 is 5.63 Å². The first-order valence-electron chi connectivity index (χ1n) is 10.00. The normalized spacial score (nSPS) is 15.9. The molecule has 0 amide bonds. The van der Waals surface area contributed by atoms with E-state index in [4.69, 9.17) is 9.15 Å². The number of benzene rings is 1. The number of carbonyl (C=O) groups excluding carboxylic acids is 1. The number of piperidine rings is 1. The summed E-state index contributed by atoms with van der Waals surface area (Å²) in [5.41, 5.74) is 2.63. The maximum absolute atomic E-state index is 12.6. The number of carbonyl (C=O) groups is 1. The van der Waals surface area contributed by atoms with E-state index in [1.165, 1.54) is 21.7 Å². The van der Waals surface area contributed by atoms with Gasteiger partial charge < -0.3 is 9.15 Å². The van der Waals surface area contributed by atoms with Crippen LogP contribution in [-0.2, 0) is 26.2 Å². The monoisotopic (exact) mass is 461 g/mol. The quantitative estimate of drug-likeness (QED) is 0.426. The van der Waals surface area contributed by atoms with Crippen LogP contribution in [0.25, 0.3) is 11.0 Å². The van der Waals surface area contributed by atoms with Gasteiger partial charge in [-0.05, 0) is 61.4 Å². The number of hydrogen-bond acceptors (Lipinski definition) is 7. The molecule has 0 saturated carbocycles. The number of rotatable bonds is 5. The maximum atomic E-state index is 12.6. The Bertz CT molecular complexity index is 1270. The average molecular weight is 462 g/mol. The summed E-state index contributed by atoms with van der Waals surface area (Å²) in [6.45, 7) is 4.42. The van der Waals surface area contributed by atoms with Crippen molar-refractivity contribution < 1.29 is 22.4 Å². The third-order valence-corrected chi connectivity index (χ3v) is 8.96. The van der Waals surface area contributed by atoms with Crippen molar-refractivity contribution in [3.05, 3.63) is 62.8 Å². The Morgan fingerprint density at radius 1 is 1.19 bits per heavy atom. The van der Waals surface area contributed by atoms with Crippen molar-refractivity contribution in [1.29, 1.82) is 0 Å². The van der Waals surface area contributed by atoms with Crippen molar-refractivity contribution in [1.82, 2.24) is 4.31 Å². The molecule has 9 heteroatoms. The van der Waals surface area contributed by atoms with Crippen LogP contribution in [0.15, 0.2) is 49.1 Å². The van der Waals surface area contributed by atoms with Gasteiger partial charge in [0.15, 0.2) is 0 Å². The molecule has 0 N–H and O–H groups in total. The molecule has 0 radical (unpaired) electrons. The summed E-state index contributed by atoms with van der Waals surface area (Å²) >= 11 is 1.19. The number of hydrogen-bond donors (Lipinski definition) is 0. The zero-order valence-electron chi connectivity index (χ0n) is 17.3. The van der Waals surface area contributed by atoms with E-state index >= 15 is 0 Å². The fraction of sp³-hybridized carbons (Fsp3) is 0.364. The Hall–Kier alpha value is -2.49. The molecule has 1 fully saturated rings. The minimum absolute atomic E-state index is 0.0306. The second-order valence-electron chi connectivity index (χ2n) is 7.74. The molecule has 3 heterocycles. The topological polar surface area (TPSA) is 93.9 Å². The van der Waals surface area contributed by atoms with E-state index in [-0.39, 0.29) is 31.6 Å². The first-order chi connectivity index (χ1) is 14.8. The average Bonchev–Trinajstić information content (AvgIpc) is 3.29. The maximum Gasteiger partial charge on any atom is 0.336 e. The molecule has 0 spiro atoms. The Morgan fingerprint density at radius 3 is 2.58 bits per heavy atom. The van der Waals surface area contributed by atoms with Crippen LogP contribution in [0, 0.1) is 19.8 Å². The molecule has 4 rings (SSSR count). The molecular weight excluding hydrogens is 438 g/mol. The Balaban J connectivity index is 1.41. The SMILES string of the molecule is Cc1cc2oc(=O)cc(COC(=O)C3CCN(S(=O)(=O)c4cccs4)CC3)c2cc1C. The van der Waals surface area contributed by atoms with Crippen LogP contribution in [0.4, 0.5) is 0 Å². The summed E-state index contributed by atoms with van der Waals surface area (Å²) in [5.74, 6) is -0.747. The number of nitrogens with zero attached hydrogens (tertiary/aromatic N) is 1. The van der Waals surface area contributed by atoms with Gasteiger partial charge in [-0.2, -0.15) is 4.31 Å². The largest absolute Gasteiger partial charge is 0.461 e. The highest BCUT2D eigenvalue weighted by Gasteiger charge is 2.33. The van der Waals surface area contributed by atoms with Crippen molar-refractivity contribution in [2.75, 3.05) is 13.1 Å². The second-order valence-corrected chi connectivity index (χ2v) is 10.9. The minimum Gasteiger partial charge on any atom is -0.461 e. The molecule has 0 atom stereocenters. The zero-order valence-corrected chi connectivity index (χ0v) is 18.9. The number of sulfonamides is 1. The van der Waals surface area contributed by atoms with E-state index in [0.29, 0.717) is 28.2 Å². The van der Waals surface area contributed by atoms with Crippen molar-refractivity contribution in [3.8, 4) is 0 Å². The molecule has 1 aliphatic rings. The summed E-state index contributed by atoms with van der Waals surface area (Å²) in [5, 5.41) is 2.47. The summed E-state index contributed by atoms with van der Waals surface area (Å²) in [4.78, 5) is 24.5. The third kappa shape index (κ3) is 4.44. The predicted molar refractivity (Wildman–Crippen MR) is 118 cm³/mol. The van der Waals surface area contributed by atoms with Crippen molar-refractivity contribution in [3.63, 3.8) is 0 Å². The Morgan fingerprint density at radius 2 is 1.90 bits per heavy atom. The molecule has 0 bridgehead atoms. The van der Waals surface area contributed by atoms with Crippen molar-refractivity contribution >= 4 is 38.3 Å². The zero-order chi connectivity index (χ0) is 22.2. The first kappa shape index (κ1) is 21.7. The molecule has 3 aromatic rings. The van der Waals surface area contributed by atoms with Crippen LogP contribution >= 0.6 is 11.3 Å². The number of aryl methyl sites for hydroxylation is 2.